The molecule has 16 heavy (non-hydrogen) atoms. The lowest BCUT2D eigenvalue weighted by atomic mass is 10.3. The highest BCUT2D eigenvalue weighted by Crippen LogP contribution is 1.76. The predicted octanol–water partition coefficient (Wildman–Crippen LogP) is -2.60. The van der Waals surface area contributed by atoms with Crippen LogP contribution in [0.4, 0.5) is 0 Å². The Labute approximate surface area is 90.5 Å². The molecule has 0 aliphatic rings. The van der Waals surface area contributed by atoms with E-state index in [9.17, 15) is 14.4 Å². The van der Waals surface area contributed by atoms with Crippen molar-refractivity contribution < 1.29 is 4.79 Å². The Bertz CT molecular complexity index is 475. The van der Waals surface area contributed by atoms with Gasteiger partial charge in [-0.3, -0.25) is 19.0 Å². The third-order valence-electron chi connectivity index (χ3n) is 1.88. The summed E-state index contributed by atoms with van der Waals surface area (Å²) in [6.45, 7) is 1.94. The quantitative estimate of drug-likeness (QED) is 0.486. The minimum atomic E-state index is -0.791. The molecular weight excluding hydrogens is 214 g/mol. The molecule has 8 nitrogen and oxygen atoms in total. The molecule has 0 saturated heterocycles. The molecule has 1 rings (SSSR count). The second kappa shape index (κ2) is 5.21. The summed E-state index contributed by atoms with van der Waals surface area (Å²) in [5, 5.41) is 7.99. The van der Waals surface area contributed by atoms with Gasteiger partial charge in [-0.15, -0.1) is 0 Å². The lowest BCUT2D eigenvalue weighted by Gasteiger charge is -2.08. The monoisotopic (exact) mass is 227 g/mol. The highest BCUT2D eigenvalue weighted by Gasteiger charge is 2.06. The van der Waals surface area contributed by atoms with E-state index in [-0.39, 0.29) is 19.0 Å². The van der Waals surface area contributed by atoms with Gasteiger partial charge >= 0.3 is 11.1 Å². The minimum absolute atomic E-state index is 0.175. The zero-order chi connectivity index (χ0) is 12.1. The maximum Gasteiger partial charge on any atom is 0.330 e. The topological polar surface area (TPSA) is 123 Å². The highest BCUT2D eigenvalue weighted by atomic mass is 16.2. The van der Waals surface area contributed by atoms with E-state index in [4.69, 9.17) is 5.73 Å². The molecule has 8 heteroatoms. The predicted molar refractivity (Wildman–Crippen MR) is 55.8 cm³/mol. The fourth-order valence-corrected chi connectivity index (χ4v) is 1.01. The van der Waals surface area contributed by atoms with Crippen LogP contribution in [-0.2, 0) is 11.3 Å². The summed E-state index contributed by atoms with van der Waals surface area (Å²) >= 11 is 0. The smallest absolute Gasteiger partial charge is 0.330 e. The van der Waals surface area contributed by atoms with E-state index in [2.05, 4.69) is 10.4 Å². The number of amides is 1. The molecule has 0 aliphatic heterocycles. The fraction of sp³-hybridized carbons (Fsp3) is 0.500. The Kier molecular flexibility index (Phi) is 3.95. The van der Waals surface area contributed by atoms with Crippen molar-refractivity contribution in [1.29, 1.82) is 0 Å². The van der Waals surface area contributed by atoms with Crippen LogP contribution in [0.15, 0.2) is 15.9 Å². The van der Waals surface area contributed by atoms with Crippen LogP contribution < -0.4 is 22.2 Å². The molecule has 0 radical (unpaired) electrons. The number of nitrogens with two attached hydrogens (primary N) is 1. The number of aromatic nitrogens is 3. The van der Waals surface area contributed by atoms with E-state index in [1.165, 1.54) is 6.33 Å². The molecule has 0 bridgehead atoms. The molecule has 88 valence electrons. The third kappa shape index (κ3) is 3.02. The number of nitrogens with one attached hydrogen (secondary N) is 2. The Morgan fingerprint density at radius 3 is 3.00 bits per heavy atom. The fourth-order valence-electron chi connectivity index (χ4n) is 1.01. The average Bonchev–Trinajstić information content (AvgIpc) is 2.24. The van der Waals surface area contributed by atoms with Gasteiger partial charge in [0.1, 0.15) is 6.33 Å². The summed E-state index contributed by atoms with van der Waals surface area (Å²) in [5.74, 6) is -0.314. The van der Waals surface area contributed by atoms with Gasteiger partial charge in [0.05, 0.1) is 6.04 Å². The molecular formula is C8H13N5O3. The number of hydrogen-bond donors (Lipinski definition) is 3. The molecule has 0 saturated carbocycles. The van der Waals surface area contributed by atoms with Crippen molar-refractivity contribution >= 4 is 5.91 Å². The Morgan fingerprint density at radius 2 is 2.38 bits per heavy atom. The van der Waals surface area contributed by atoms with Crippen LogP contribution >= 0.6 is 0 Å². The first-order valence-electron chi connectivity index (χ1n) is 4.70. The largest absolute Gasteiger partial charge is 0.353 e. The minimum Gasteiger partial charge on any atom is -0.353 e. The SMILES string of the molecule is C[C@H](N)C(=O)NCCn1cn[nH]c(=O)c1=O. The van der Waals surface area contributed by atoms with E-state index >= 15 is 0 Å². The molecule has 1 aromatic rings. The number of aromatic amines is 1. The molecule has 1 aromatic heterocycles. The second-order valence-corrected chi connectivity index (χ2v) is 3.26. The number of carbonyl (C=O) groups excluding carboxylic acids is 1. The highest BCUT2D eigenvalue weighted by molar-refractivity contribution is 5.80. The summed E-state index contributed by atoms with van der Waals surface area (Å²) in [6, 6.07) is -0.603. The van der Waals surface area contributed by atoms with Crippen molar-refractivity contribution in [2.24, 2.45) is 5.73 Å². The van der Waals surface area contributed by atoms with Crippen LogP contribution in [-0.4, -0.2) is 33.3 Å². The van der Waals surface area contributed by atoms with Crippen molar-refractivity contribution in [3.05, 3.63) is 27.0 Å². The van der Waals surface area contributed by atoms with Gasteiger partial charge in [-0.05, 0) is 6.92 Å². The zero-order valence-electron chi connectivity index (χ0n) is 8.77. The van der Waals surface area contributed by atoms with Gasteiger partial charge in [-0.2, -0.15) is 5.10 Å². The van der Waals surface area contributed by atoms with Crippen molar-refractivity contribution in [1.82, 2.24) is 20.1 Å². The summed E-state index contributed by atoms with van der Waals surface area (Å²) in [5.41, 5.74) is 3.83. The van der Waals surface area contributed by atoms with E-state index in [1.54, 1.807) is 6.92 Å². The zero-order valence-corrected chi connectivity index (χ0v) is 8.77. The normalized spacial score (nSPS) is 12.1. The summed E-state index contributed by atoms with van der Waals surface area (Å²) < 4.78 is 1.11. The first-order chi connectivity index (χ1) is 7.52. The molecule has 1 amide bonds. The second-order valence-electron chi connectivity index (χ2n) is 3.26. The first kappa shape index (κ1) is 12.1. The maximum absolute atomic E-state index is 11.2. The molecule has 0 aromatic carbocycles. The lowest BCUT2D eigenvalue weighted by Crippen LogP contribution is -2.42. The molecule has 4 N–H and O–H groups in total. The molecule has 1 atom stereocenters. The summed E-state index contributed by atoms with van der Waals surface area (Å²) in [7, 11) is 0. The number of rotatable bonds is 4. The standard InChI is InChI=1S/C8H13N5O3/c1-5(9)6(14)10-2-3-13-4-11-12-7(15)8(13)16/h4-5H,2-3,9H2,1H3,(H,10,14)(H,12,15)/t5-/m0/s1. The number of carbonyl (C=O) groups is 1. The Balaban J connectivity index is 2.56. The Morgan fingerprint density at radius 1 is 1.69 bits per heavy atom. The number of hydrogen-bond acceptors (Lipinski definition) is 5. The van der Waals surface area contributed by atoms with Crippen LogP contribution in [0.25, 0.3) is 0 Å². The van der Waals surface area contributed by atoms with Gasteiger partial charge < -0.3 is 11.1 Å². The van der Waals surface area contributed by atoms with Crippen LogP contribution in [0.2, 0.25) is 0 Å². The number of H-pyrrole nitrogens is 1. The lowest BCUT2D eigenvalue weighted by molar-refractivity contribution is -0.122. The summed E-state index contributed by atoms with van der Waals surface area (Å²) in [6.07, 6.45) is 1.20. The van der Waals surface area contributed by atoms with E-state index in [0.717, 1.165) is 4.57 Å². The summed E-state index contributed by atoms with van der Waals surface area (Å²) in [4.78, 5) is 33.2. The van der Waals surface area contributed by atoms with Crippen molar-refractivity contribution in [3.8, 4) is 0 Å². The molecule has 0 aliphatic carbocycles. The first-order valence-corrected chi connectivity index (χ1v) is 4.70. The van der Waals surface area contributed by atoms with Crippen molar-refractivity contribution in [3.63, 3.8) is 0 Å². The maximum atomic E-state index is 11.2. The Hall–Kier alpha value is -1.96. The molecule has 0 fully saturated rings. The van der Waals surface area contributed by atoms with E-state index in [0.29, 0.717) is 0 Å². The molecule has 1 heterocycles. The van der Waals surface area contributed by atoms with Crippen LogP contribution in [0, 0.1) is 0 Å². The van der Waals surface area contributed by atoms with Crippen molar-refractivity contribution in [2.75, 3.05) is 6.54 Å². The van der Waals surface area contributed by atoms with Crippen molar-refractivity contribution in [2.45, 2.75) is 19.5 Å². The van der Waals surface area contributed by atoms with Crippen LogP contribution in [0.3, 0.4) is 0 Å². The van der Waals surface area contributed by atoms with Gasteiger partial charge in [-0.25, -0.2) is 5.10 Å². The number of nitrogens with zero attached hydrogens (tertiary/aromatic N) is 2. The molecule has 0 unspecified atom stereocenters. The van der Waals surface area contributed by atoms with Gasteiger partial charge in [0.25, 0.3) is 0 Å². The van der Waals surface area contributed by atoms with E-state index in [1.807, 2.05) is 5.10 Å². The van der Waals surface area contributed by atoms with Crippen LogP contribution in [0.5, 0.6) is 0 Å². The van der Waals surface area contributed by atoms with Gasteiger partial charge in [0.15, 0.2) is 0 Å². The molecule has 0 spiro atoms. The van der Waals surface area contributed by atoms with Gasteiger partial charge in [-0.1, -0.05) is 0 Å². The average molecular weight is 227 g/mol. The van der Waals surface area contributed by atoms with Crippen LogP contribution in [0.1, 0.15) is 6.92 Å². The van der Waals surface area contributed by atoms with Gasteiger partial charge in [0, 0.05) is 13.1 Å². The van der Waals surface area contributed by atoms with Gasteiger partial charge in [0.2, 0.25) is 5.91 Å². The van der Waals surface area contributed by atoms with E-state index < -0.39 is 17.2 Å². The third-order valence-corrected chi connectivity index (χ3v) is 1.88.